The van der Waals surface area contributed by atoms with Crippen LogP contribution >= 0.6 is 22.7 Å². The molecule has 1 aliphatic rings. The maximum Gasteiger partial charge on any atom is 0.338 e. The van der Waals surface area contributed by atoms with Crippen LogP contribution in [0.5, 0.6) is 5.75 Å². The smallest absolute Gasteiger partial charge is 0.338 e. The Bertz CT molecular complexity index is 1390. The fraction of sp³-hybridized carbons (Fsp3) is 0.208. The van der Waals surface area contributed by atoms with Crippen LogP contribution < -0.4 is 19.6 Å². The van der Waals surface area contributed by atoms with Crippen molar-refractivity contribution in [2.75, 3.05) is 13.7 Å². The number of aromatic nitrogens is 1. The van der Waals surface area contributed by atoms with Crippen molar-refractivity contribution in [3.8, 4) is 5.75 Å². The molecule has 6 nitrogen and oxygen atoms in total. The molecule has 32 heavy (non-hydrogen) atoms. The highest BCUT2D eigenvalue weighted by molar-refractivity contribution is 7.11. The number of esters is 1. The van der Waals surface area contributed by atoms with Gasteiger partial charge in [-0.25, -0.2) is 9.79 Å². The summed E-state index contributed by atoms with van der Waals surface area (Å²) in [6.45, 7) is 7.45. The number of carbonyl (C=O) groups is 1. The molecule has 0 amide bonds. The van der Waals surface area contributed by atoms with Crippen molar-refractivity contribution in [1.29, 1.82) is 0 Å². The number of benzene rings is 1. The summed E-state index contributed by atoms with van der Waals surface area (Å²) in [6, 6.07) is 8.68. The Labute approximate surface area is 193 Å². The lowest BCUT2D eigenvalue weighted by Crippen LogP contribution is -2.39. The topological polar surface area (TPSA) is 69.9 Å². The second kappa shape index (κ2) is 9.10. The van der Waals surface area contributed by atoms with E-state index in [-0.39, 0.29) is 12.2 Å². The Morgan fingerprint density at radius 2 is 2.00 bits per heavy atom. The first kappa shape index (κ1) is 22.0. The molecule has 3 heterocycles. The standard InChI is InChI=1S/C24H22N2O4S2/c1-5-11-30-23(28)20-15(3)25-24-26(21(20)16-6-8-17(29-4)9-7-16)22(27)19(32-24)13-18-14(2)10-12-31-18/h5-10,12-13,21H,1,11H2,2-4H3/b19-13-/t21-/m0/s1. The Balaban J connectivity index is 1.93. The van der Waals surface area contributed by atoms with Gasteiger partial charge in [-0.15, -0.1) is 11.3 Å². The van der Waals surface area contributed by atoms with Gasteiger partial charge in [-0.05, 0) is 54.6 Å². The van der Waals surface area contributed by atoms with Crippen molar-refractivity contribution >= 4 is 34.7 Å². The molecule has 0 saturated heterocycles. The van der Waals surface area contributed by atoms with Crippen LogP contribution in [-0.2, 0) is 9.53 Å². The highest BCUT2D eigenvalue weighted by atomic mass is 32.1. The van der Waals surface area contributed by atoms with Crippen LogP contribution in [0.15, 0.2) is 69.4 Å². The number of hydrogen-bond donors (Lipinski definition) is 0. The number of fused-ring (bicyclic) bond motifs is 1. The van der Waals surface area contributed by atoms with Gasteiger partial charge in [0.15, 0.2) is 4.80 Å². The molecule has 0 aliphatic carbocycles. The third-order valence-corrected chi connectivity index (χ3v) is 7.12. The SMILES string of the molecule is C=CCOC(=O)C1=C(C)N=c2s/c(=C\c3sccc3C)c(=O)n2[C@H]1c1ccc(OC)cc1. The molecule has 164 valence electrons. The van der Waals surface area contributed by atoms with Gasteiger partial charge in [0, 0.05) is 4.88 Å². The van der Waals surface area contributed by atoms with E-state index < -0.39 is 12.0 Å². The van der Waals surface area contributed by atoms with E-state index in [1.54, 1.807) is 29.9 Å². The van der Waals surface area contributed by atoms with Gasteiger partial charge in [0.2, 0.25) is 0 Å². The largest absolute Gasteiger partial charge is 0.497 e. The van der Waals surface area contributed by atoms with Crippen LogP contribution in [-0.4, -0.2) is 24.3 Å². The number of thiophene rings is 1. The zero-order valence-electron chi connectivity index (χ0n) is 18.0. The van der Waals surface area contributed by atoms with Crippen LogP contribution in [0.25, 0.3) is 6.08 Å². The number of ether oxygens (including phenoxy) is 2. The maximum absolute atomic E-state index is 13.5. The quantitative estimate of drug-likeness (QED) is 0.413. The summed E-state index contributed by atoms with van der Waals surface area (Å²) >= 11 is 2.90. The molecule has 0 saturated carbocycles. The lowest BCUT2D eigenvalue weighted by atomic mass is 9.96. The average Bonchev–Trinajstić information content (AvgIpc) is 3.33. The van der Waals surface area contributed by atoms with Gasteiger partial charge >= 0.3 is 5.97 Å². The summed E-state index contributed by atoms with van der Waals surface area (Å²) in [7, 11) is 1.59. The number of allylic oxidation sites excluding steroid dienone is 1. The number of nitrogens with zero attached hydrogens (tertiary/aromatic N) is 2. The second-order valence-electron chi connectivity index (χ2n) is 7.21. The van der Waals surface area contributed by atoms with Crippen LogP contribution in [0.1, 0.15) is 29.0 Å². The van der Waals surface area contributed by atoms with Crippen molar-refractivity contribution in [1.82, 2.24) is 4.57 Å². The number of rotatable bonds is 6. The number of hydrogen-bond acceptors (Lipinski definition) is 7. The van der Waals surface area contributed by atoms with Gasteiger partial charge in [-0.1, -0.05) is 36.1 Å². The molecular formula is C24H22N2O4S2. The molecule has 3 aromatic rings. The van der Waals surface area contributed by atoms with Crippen LogP contribution in [0.3, 0.4) is 0 Å². The lowest BCUT2D eigenvalue weighted by molar-refractivity contribution is -0.138. The number of aryl methyl sites for hydroxylation is 1. The van der Waals surface area contributed by atoms with Gasteiger partial charge < -0.3 is 9.47 Å². The highest BCUT2D eigenvalue weighted by Gasteiger charge is 2.33. The van der Waals surface area contributed by atoms with Crippen molar-refractivity contribution in [2.45, 2.75) is 19.9 Å². The molecule has 1 aliphatic heterocycles. The third kappa shape index (κ3) is 3.99. The minimum absolute atomic E-state index is 0.0764. The third-order valence-electron chi connectivity index (χ3n) is 5.17. The highest BCUT2D eigenvalue weighted by Crippen LogP contribution is 2.31. The maximum atomic E-state index is 13.5. The Morgan fingerprint density at radius 3 is 2.62 bits per heavy atom. The van der Waals surface area contributed by atoms with E-state index in [4.69, 9.17) is 9.47 Å². The Hall–Kier alpha value is -3.23. The van der Waals surface area contributed by atoms with E-state index in [0.29, 0.717) is 26.4 Å². The number of carbonyl (C=O) groups excluding carboxylic acids is 1. The molecule has 4 rings (SSSR count). The number of methoxy groups -OCH3 is 1. The van der Waals surface area contributed by atoms with Gasteiger partial charge in [0.25, 0.3) is 5.56 Å². The van der Waals surface area contributed by atoms with Crippen molar-refractivity contribution in [2.24, 2.45) is 4.99 Å². The Morgan fingerprint density at radius 1 is 1.25 bits per heavy atom. The van der Waals surface area contributed by atoms with E-state index in [9.17, 15) is 9.59 Å². The molecule has 8 heteroatoms. The van der Waals surface area contributed by atoms with Crippen molar-refractivity contribution < 1.29 is 14.3 Å². The lowest BCUT2D eigenvalue weighted by Gasteiger charge is -2.24. The van der Waals surface area contributed by atoms with E-state index in [1.165, 1.54) is 17.4 Å². The first-order valence-electron chi connectivity index (χ1n) is 9.93. The summed E-state index contributed by atoms with van der Waals surface area (Å²) < 4.78 is 12.8. The van der Waals surface area contributed by atoms with Gasteiger partial charge in [-0.2, -0.15) is 0 Å². The molecule has 2 aromatic heterocycles. The fourth-order valence-electron chi connectivity index (χ4n) is 3.55. The molecule has 0 unspecified atom stereocenters. The fourth-order valence-corrected chi connectivity index (χ4v) is 5.51. The van der Waals surface area contributed by atoms with Crippen molar-refractivity contribution in [3.63, 3.8) is 0 Å². The normalized spacial score (nSPS) is 15.8. The summed E-state index contributed by atoms with van der Waals surface area (Å²) in [4.78, 5) is 32.7. The van der Waals surface area contributed by atoms with E-state index >= 15 is 0 Å². The predicted octanol–water partition coefficient (Wildman–Crippen LogP) is 3.34. The molecule has 0 radical (unpaired) electrons. The van der Waals surface area contributed by atoms with Gasteiger partial charge in [0.1, 0.15) is 12.4 Å². The molecule has 0 bridgehead atoms. The van der Waals surface area contributed by atoms with Crippen molar-refractivity contribution in [3.05, 3.63) is 95.3 Å². The predicted molar refractivity (Wildman–Crippen MR) is 127 cm³/mol. The Kier molecular flexibility index (Phi) is 6.25. The van der Waals surface area contributed by atoms with Crippen LogP contribution in [0, 0.1) is 6.92 Å². The van der Waals surface area contributed by atoms with Crippen LogP contribution in [0.2, 0.25) is 0 Å². The molecular weight excluding hydrogens is 444 g/mol. The molecule has 0 spiro atoms. The first-order valence-corrected chi connectivity index (χ1v) is 11.6. The van der Waals surface area contributed by atoms with E-state index in [1.807, 2.05) is 48.7 Å². The summed E-state index contributed by atoms with van der Waals surface area (Å²) in [5.74, 6) is 0.168. The summed E-state index contributed by atoms with van der Waals surface area (Å²) in [6.07, 6.45) is 3.40. The molecule has 0 fully saturated rings. The van der Waals surface area contributed by atoms with E-state index in [0.717, 1.165) is 16.0 Å². The minimum atomic E-state index is -0.652. The van der Waals surface area contributed by atoms with E-state index in [2.05, 4.69) is 11.6 Å². The average molecular weight is 467 g/mol. The number of thiazole rings is 1. The second-order valence-corrected chi connectivity index (χ2v) is 9.17. The molecule has 0 N–H and O–H groups in total. The zero-order chi connectivity index (χ0) is 22.8. The zero-order valence-corrected chi connectivity index (χ0v) is 19.6. The summed E-state index contributed by atoms with van der Waals surface area (Å²) in [5.41, 5.74) is 2.55. The van der Waals surface area contributed by atoms with Crippen LogP contribution in [0.4, 0.5) is 0 Å². The first-order chi connectivity index (χ1) is 15.4. The molecule has 1 aromatic carbocycles. The minimum Gasteiger partial charge on any atom is -0.497 e. The summed E-state index contributed by atoms with van der Waals surface area (Å²) in [5, 5.41) is 2.00. The van der Waals surface area contributed by atoms with Gasteiger partial charge in [-0.3, -0.25) is 9.36 Å². The monoisotopic (exact) mass is 466 g/mol. The molecule has 1 atom stereocenters. The van der Waals surface area contributed by atoms with Gasteiger partial charge in [0.05, 0.1) is 29.0 Å².